The second-order valence-corrected chi connectivity index (χ2v) is 16.0. The second-order valence-electron chi connectivity index (χ2n) is 11.3. The quantitative estimate of drug-likeness (QED) is 0.530. The third kappa shape index (κ3) is 4.08. The standard InChI is InChI=1S/C24H40O4Si/c1-23(2,3)29(4,5)28-22(17-8-6-7-9-17)13-10-18-19-16-24(26-14-15-27-24)20(19)11-12-21(18)25/h17-22,25H,6-9,11-12,14-16H2,1-5H3/t18-,19-,20+,21-,22-/m0/s1. The van der Waals surface area contributed by atoms with Crippen LogP contribution in [-0.4, -0.2) is 44.6 Å². The van der Waals surface area contributed by atoms with E-state index in [4.69, 9.17) is 13.9 Å². The molecule has 1 N–H and O–H groups in total. The van der Waals surface area contributed by atoms with Gasteiger partial charge >= 0.3 is 0 Å². The Morgan fingerprint density at radius 1 is 1.07 bits per heavy atom. The molecule has 5 atom stereocenters. The molecule has 0 unspecified atom stereocenters. The van der Waals surface area contributed by atoms with Gasteiger partial charge in [-0.05, 0) is 55.7 Å². The van der Waals surface area contributed by atoms with Gasteiger partial charge in [0.05, 0.1) is 19.3 Å². The van der Waals surface area contributed by atoms with Crippen molar-refractivity contribution in [2.24, 2.45) is 23.7 Å². The first-order valence-corrected chi connectivity index (χ1v) is 14.7. The van der Waals surface area contributed by atoms with Crippen LogP contribution in [-0.2, 0) is 13.9 Å². The molecule has 0 aromatic rings. The van der Waals surface area contributed by atoms with Crippen LogP contribution in [0.15, 0.2) is 0 Å². The average Bonchev–Trinajstić information content (AvgIpc) is 3.31. The number of aliphatic hydroxyl groups is 1. The van der Waals surface area contributed by atoms with Crippen molar-refractivity contribution in [3.05, 3.63) is 0 Å². The fraction of sp³-hybridized carbons (Fsp3) is 0.917. The molecule has 4 rings (SSSR count). The smallest absolute Gasteiger partial charge is 0.193 e. The van der Waals surface area contributed by atoms with Crippen molar-refractivity contribution in [2.45, 2.75) is 102 Å². The van der Waals surface area contributed by atoms with Crippen molar-refractivity contribution in [2.75, 3.05) is 13.2 Å². The van der Waals surface area contributed by atoms with Gasteiger partial charge in [-0.25, -0.2) is 0 Å². The van der Waals surface area contributed by atoms with Crippen molar-refractivity contribution < 1.29 is 19.0 Å². The van der Waals surface area contributed by atoms with Gasteiger partial charge in [-0.15, -0.1) is 0 Å². The minimum atomic E-state index is -1.89. The zero-order valence-electron chi connectivity index (χ0n) is 19.0. The van der Waals surface area contributed by atoms with E-state index in [-0.39, 0.29) is 29.0 Å². The second kappa shape index (κ2) is 7.95. The molecule has 29 heavy (non-hydrogen) atoms. The highest BCUT2D eigenvalue weighted by Crippen LogP contribution is 2.57. The van der Waals surface area contributed by atoms with E-state index in [0.29, 0.717) is 31.0 Å². The van der Waals surface area contributed by atoms with Gasteiger partial charge in [-0.1, -0.05) is 45.5 Å². The van der Waals surface area contributed by atoms with Gasteiger partial charge < -0.3 is 19.0 Å². The van der Waals surface area contributed by atoms with Gasteiger partial charge in [0.15, 0.2) is 14.1 Å². The summed E-state index contributed by atoms with van der Waals surface area (Å²) in [5.74, 6) is 8.10. The fourth-order valence-corrected chi connectivity index (χ4v) is 6.84. The number of hydrogen-bond acceptors (Lipinski definition) is 4. The van der Waals surface area contributed by atoms with Crippen molar-refractivity contribution in [1.29, 1.82) is 0 Å². The number of rotatable bonds is 3. The molecule has 1 aliphatic heterocycles. The molecule has 4 fully saturated rings. The van der Waals surface area contributed by atoms with Crippen molar-refractivity contribution in [1.82, 2.24) is 0 Å². The van der Waals surface area contributed by atoms with E-state index in [0.717, 1.165) is 19.3 Å². The highest BCUT2D eigenvalue weighted by molar-refractivity contribution is 6.74. The number of aliphatic hydroxyl groups excluding tert-OH is 1. The molecular formula is C24H40O4Si. The Morgan fingerprint density at radius 3 is 2.34 bits per heavy atom. The first-order chi connectivity index (χ1) is 13.6. The minimum Gasteiger partial charge on any atom is -0.403 e. The van der Waals surface area contributed by atoms with Gasteiger partial charge in [0.1, 0.15) is 6.10 Å². The van der Waals surface area contributed by atoms with E-state index in [2.05, 4.69) is 45.7 Å². The first-order valence-electron chi connectivity index (χ1n) is 11.8. The molecule has 0 aromatic heterocycles. The van der Waals surface area contributed by atoms with Crippen LogP contribution in [0.1, 0.15) is 65.7 Å². The predicted molar refractivity (Wildman–Crippen MR) is 117 cm³/mol. The molecule has 4 nitrogen and oxygen atoms in total. The Kier molecular flexibility index (Phi) is 5.98. The molecule has 3 aliphatic carbocycles. The van der Waals surface area contributed by atoms with Gasteiger partial charge in [0, 0.05) is 18.3 Å². The SMILES string of the molecule is CC(C)(C)[Si](C)(C)O[C@@H](C#C[C@H]1[C@@H]2CC3(OCCO3)[C@@H]2CC[C@@H]1O)C1CCCC1. The molecule has 5 heteroatoms. The average molecular weight is 421 g/mol. The molecule has 1 saturated heterocycles. The summed E-state index contributed by atoms with van der Waals surface area (Å²) in [6.07, 6.45) is 7.36. The molecule has 0 amide bonds. The molecule has 0 radical (unpaired) electrons. The summed E-state index contributed by atoms with van der Waals surface area (Å²) in [6, 6.07) is 0. The predicted octanol–water partition coefficient (Wildman–Crippen LogP) is 4.72. The van der Waals surface area contributed by atoms with Crippen LogP contribution >= 0.6 is 0 Å². The molecule has 1 spiro atoms. The highest BCUT2D eigenvalue weighted by atomic mass is 28.4. The molecule has 3 saturated carbocycles. The third-order valence-electron chi connectivity index (χ3n) is 8.48. The first kappa shape index (κ1) is 21.8. The monoisotopic (exact) mass is 420 g/mol. The largest absolute Gasteiger partial charge is 0.403 e. The molecule has 164 valence electrons. The maximum atomic E-state index is 10.7. The Bertz CT molecular complexity index is 646. The lowest BCUT2D eigenvalue weighted by molar-refractivity contribution is -0.296. The van der Waals surface area contributed by atoms with Crippen LogP contribution < -0.4 is 0 Å². The van der Waals surface area contributed by atoms with E-state index in [1.54, 1.807) is 0 Å². The van der Waals surface area contributed by atoms with Gasteiger partial charge in [0.25, 0.3) is 0 Å². The van der Waals surface area contributed by atoms with Crippen molar-refractivity contribution in [3.63, 3.8) is 0 Å². The summed E-state index contributed by atoms with van der Waals surface area (Å²) in [5.41, 5.74) is 0. The Labute approximate surface area is 178 Å². The number of hydrogen-bond donors (Lipinski definition) is 1. The van der Waals surface area contributed by atoms with Crippen LogP contribution in [0.25, 0.3) is 0 Å². The van der Waals surface area contributed by atoms with Crippen LogP contribution in [0.2, 0.25) is 18.1 Å². The summed E-state index contributed by atoms with van der Waals surface area (Å²) in [7, 11) is -1.89. The minimum absolute atomic E-state index is 0.0129. The maximum absolute atomic E-state index is 10.7. The lowest BCUT2D eigenvalue weighted by Gasteiger charge is -2.56. The van der Waals surface area contributed by atoms with Gasteiger partial charge in [-0.3, -0.25) is 0 Å². The summed E-state index contributed by atoms with van der Waals surface area (Å²) in [6.45, 7) is 12.9. The Balaban J connectivity index is 1.51. The topological polar surface area (TPSA) is 47.9 Å². The van der Waals surface area contributed by atoms with Crippen molar-refractivity contribution in [3.8, 4) is 11.8 Å². The van der Waals surface area contributed by atoms with Crippen LogP contribution in [0.4, 0.5) is 0 Å². The normalized spacial score (nSPS) is 35.7. The zero-order chi connectivity index (χ0) is 20.9. The number of ether oxygens (including phenoxy) is 2. The lowest BCUT2D eigenvalue weighted by Crippen LogP contribution is -2.60. The third-order valence-corrected chi connectivity index (χ3v) is 12.9. The Morgan fingerprint density at radius 2 is 1.72 bits per heavy atom. The molecule has 1 heterocycles. The maximum Gasteiger partial charge on any atom is 0.193 e. The van der Waals surface area contributed by atoms with E-state index >= 15 is 0 Å². The van der Waals surface area contributed by atoms with E-state index in [9.17, 15) is 5.11 Å². The van der Waals surface area contributed by atoms with E-state index in [1.807, 2.05) is 0 Å². The molecule has 4 aliphatic rings. The zero-order valence-corrected chi connectivity index (χ0v) is 20.0. The summed E-state index contributed by atoms with van der Waals surface area (Å²) in [4.78, 5) is 0. The van der Waals surface area contributed by atoms with Gasteiger partial charge in [0.2, 0.25) is 0 Å². The van der Waals surface area contributed by atoms with E-state index < -0.39 is 8.32 Å². The van der Waals surface area contributed by atoms with Gasteiger partial charge in [-0.2, -0.15) is 0 Å². The summed E-state index contributed by atoms with van der Waals surface area (Å²) < 4.78 is 18.8. The van der Waals surface area contributed by atoms with E-state index in [1.165, 1.54) is 25.7 Å². The molecular weight excluding hydrogens is 380 g/mol. The highest BCUT2D eigenvalue weighted by Gasteiger charge is 2.62. The number of fused-ring (bicyclic) bond motifs is 2. The summed E-state index contributed by atoms with van der Waals surface area (Å²) in [5, 5.41) is 10.9. The Hall–Kier alpha value is -0.383. The molecule has 0 bridgehead atoms. The van der Waals surface area contributed by atoms with Crippen LogP contribution in [0, 0.1) is 35.5 Å². The van der Waals surface area contributed by atoms with Crippen LogP contribution in [0.5, 0.6) is 0 Å². The van der Waals surface area contributed by atoms with Crippen molar-refractivity contribution >= 4 is 8.32 Å². The van der Waals surface area contributed by atoms with Crippen LogP contribution in [0.3, 0.4) is 0 Å². The fourth-order valence-electron chi connectivity index (χ4n) is 5.60. The lowest BCUT2D eigenvalue weighted by atomic mass is 9.56. The summed E-state index contributed by atoms with van der Waals surface area (Å²) >= 11 is 0. The molecule has 0 aromatic carbocycles.